The van der Waals surface area contributed by atoms with Crippen LogP contribution in [0.15, 0.2) is 17.0 Å². The maximum absolute atomic E-state index is 12.4. The van der Waals surface area contributed by atoms with Gasteiger partial charge in [0.25, 0.3) is 0 Å². The predicted octanol–water partition coefficient (Wildman–Crippen LogP) is 2.09. The van der Waals surface area contributed by atoms with Crippen molar-refractivity contribution in [2.75, 3.05) is 43.4 Å². The van der Waals surface area contributed by atoms with Gasteiger partial charge in [-0.15, -0.1) is 22.7 Å². The average molecular weight is 425 g/mol. The molecule has 0 radical (unpaired) electrons. The first-order valence-electron chi connectivity index (χ1n) is 8.66. The lowest BCUT2D eigenvalue weighted by Crippen LogP contribution is -2.51. The van der Waals surface area contributed by atoms with Crippen molar-refractivity contribution >= 4 is 51.0 Å². The molecule has 2 N–H and O–H groups in total. The van der Waals surface area contributed by atoms with Gasteiger partial charge in [0.15, 0.2) is 10.3 Å². The van der Waals surface area contributed by atoms with Crippen LogP contribution < -0.4 is 10.6 Å². The molecule has 0 aromatic carbocycles. The minimum atomic E-state index is -0.358. The molecule has 1 saturated heterocycles. The van der Waals surface area contributed by atoms with Gasteiger partial charge in [0.2, 0.25) is 5.91 Å². The first-order chi connectivity index (χ1) is 13.5. The summed E-state index contributed by atoms with van der Waals surface area (Å²) in [5.74, 6) is -0.215. The van der Waals surface area contributed by atoms with E-state index in [1.54, 1.807) is 33.7 Å². The largest absolute Gasteiger partial charge is 0.450 e. The molecule has 0 spiro atoms. The van der Waals surface area contributed by atoms with E-state index < -0.39 is 0 Å². The first-order valence-corrected chi connectivity index (χ1v) is 10.4. The van der Waals surface area contributed by atoms with Crippen molar-refractivity contribution in [2.45, 2.75) is 13.3 Å². The second-order valence-electron chi connectivity index (χ2n) is 5.81. The molecular weight excluding hydrogens is 404 g/mol. The lowest BCUT2D eigenvalue weighted by Gasteiger charge is -2.33. The number of hydrogen-bond acceptors (Lipinski definition) is 8. The maximum Gasteiger partial charge on any atom is 0.409 e. The minimum Gasteiger partial charge on any atom is -0.450 e. The first kappa shape index (κ1) is 20.0. The van der Waals surface area contributed by atoms with Crippen molar-refractivity contribution in [1.29, 1.82) is 0 Å². The fraction of sp³-hybridized carbons (Fsp3) is 0.438. The lowest BCUT2D eigenvalue weighted by atomic mass is 10.3. The fourth-order valence-electron chi connectivity index (χ4n) is 2.54. The Hall–Kier alpha value is -2.73. The third kappa shape index (κ3) is 5.39. The van der Waals surface area contributed by atoms with Crippen molar-refractivity contribution in [3.8, 4) is 0 Å². The van der Waals surface area contributed by atoms with Crippen LogP contribution in [-0.4, -0.2) is 70.6 Å². The zero-order chi connectivity index (χ0) is 19.9. The number of aromatic nitrogens is 2. The molecule has 0 atom stereocenters. The zero-order valence-corrected chi connectivity index (χ0v) is 16.8. The number of ether oxygens (including phenoxy) is 1. The Morgan fingerprint density at radius 1 is 1.11 bits per heavy atom. The van der Waals surface area contributed by atoms with Crippen LogP contribution in [0.3, 0.4) is 0 Å². The standard InChI is InChI=1S/C16H20N6O4S2/c1-2-26-16(25)22-6-4-21(5-7-22)15(24)20-14-18-11(10-28-14)9-12(23)19-13-17-3-8-27-13/h3,8,10H,2,4-7,9H2,1H3,(H,17,19,23)(H,18,20,24). The molecule has 150 valence electrons. The second kappa shape index (κ2) is 9.46. The number of nitrogens with one attached hydrogen (secondary N) is 2. The van der Waals surface area contributed by atoms with Gasteiger partial charge in [-0.25, -0.2) is 19.6 Å². The summed E-state index contributed by atoms with van der Waals surface area (Å²) in [5, 5.41) is 9.90. The molecule has 3 rings (SSSR count). The molecule has 1 fully saturated rings. The Balaban J connectivity index is 1.45. The SMILES string of the molecule is CCOC(=O)N1CCN(C(=O)Nc2nc(CC(=O)Nc3nccs3)cs2)CC1. The highest BCUT2D eigenvalue weighted by Crippen LogP contribution is 2.18. The minimum absolute atomic E-state index is 0.101. The summed E-state index contributed by atoms with van der Waals surface area (Å²) in [5.41, 5.74) is 0.571. The van der Waals surface area contributed by atoms with Crippen molar-refractivity contribution in [3.05, 3.63) is 22.7 Å². The molecular formula is C16H20N6O4S2. The number of piperazine rings is 1. The van der Waals surface area contributed by atoms with Gasteiger partial charge in [-0.3, -0.25) is 10.1 Å². The number of amides is 4. The Kier molecular flexibility index (Phi) is 6.76. The van der Waals surface area contributed by atoms with E-state index >= 15 is 0 Å². The van der Waals surface area contributed by atoms with E-state index in [9.17, 15) is 14.4 Å². The van der Waals surface area contributed by atoms with Gasteiger partial charge in [-0.1, -0.05) is 0 Å². The van der Waals surface area contributed by atoms with Crippen LogP contribution in [0.4, 0.5) is 19.9 Å². The van der Waals surface area contributed by atoms with Gasteiger partial charge in [-0.05, 0) is 6.92 Å². The fourth-order valence-corrected chi connectivity index (χ4v) is 3.78. The topological polar surface area (TPSA) is 117 Å². The van der Waals surface area contributed by atoms with Crippen LogP contribution in [0.1, 0.15) is 12.6 Å². The van der Waals surface area contributed by atoms with E-state index in [2.05, 4.69) is 20.6 Å². The smallest absolute Gasteiger partial charge is 0.409 e. The summed E-state index contributed by atoms with van der Waals surface area (Å²) in [7, 11) is 0. The van der Waals surface area contributed by atoms with Crippen LogP contribution >= 0.6 is 22.7 Å². The Labute approximate surface area is 169 Å². The number of carbonyl (C=O) groups excluding carboxylic acids is 3. The highest BCUT2D eigenvalue weighted by atomic mass is 32.1. The summed E-state index contributed by atoms with van der Waals surface area (Å²) in [6.07, 6.45) is 1.36. The quantitative estimate of drug-likeness (QED) is 0.759. The normalized spacial score (nSPS) is 13.9. The van der Waals surface area contributed by atoms with Gasteiger partial charge in [0.05, 0.1) is 18.7 Å². The van der Waals surface area contributed by atoms with Gasteiger partial charge in [-0.2, -0.15) is 0 Å². The summed E-state index contributed by atoms with van der Waals surface area (Å²) in [4.78, 5) is 47.5. The summed E-state index contributed by atoms with van der Waals surface area (Å²) >= 11 is 2.60. The maximum atomic E-state index is 12.4. The second-order valence-corrected chi connectivity index (χ2v) is 7.56. The molecule has 0 unspecified atom stereocenters. The van der Waals surface area contributed by atoms with E-state index in [4.69, 9.17) is 4.74 Å². The number of rotatable bonds is 5. The summed E-state index contributed by atoms with van der Waals surface area (Å²) in [6, 6.07) is -0.281. The van der Waals surface area contributed by atoms with E-state index in [-0.39, 0.29) is 24.5 Å². The van der Waals surface area contributed by atoms with Gasteiger partial charge in [0, 0.05) is 43.1 Å². The third-order valence-electron chi connectivity index (χ3n) is 3.88. The Bertz CT molecular complexity index is 817. The van der Waals surface area contributed by atoms with E-state index in [1.165, 1.54) is 22.7 Å². The van der Waals surface area contributed by atoms with Crippen LogP contribution in [-0.2, 0) is 16.0 Å². The van der Waals surface area contributed by atoms with Crippen LogP contribution in [0.25, 0.3) is 0 Å². The van der Waals surface area contributed by atoms with E-state index in [0.29, 0.717) is 48.7 Å². The van der Waals surface area contributed by atoms with Crippen molar-refractivity contribution < 1.29 is 19.1 Å². The number of nitrogens with zero attached hydrogens (tertiary/aromatic N) is 4. The van der Waals surface area contributed by atoms with Crippen LogP contribution in [0.2, 0.25) is 0 Å². The van der Waals surface area contributed by atoms with Crippen molar-refractivity contribution in [2.24, 2.45) is 0 Å². The zero-order valence-electron chi connectivity index (χ0n) is 15.2. The molecule has 12 heteroatoms. The molecule has 10 nitrogen and oxygen atoms in total. The number of carbonyl (C=O) groups is 3. The van der Waals surface area contributed by atoms with Gasteiger partial charge < -0.3 is 19.9 Å². The number of anilines is 2. The molecule has 2 aromatic rings. The lowest BCUT2D eigenvalue weighted by molar-refractivity contribution is -0.115. The molecule has 0 saturated carbocycles. The van der Waals surface area contributed by atoms with Crippen LogP contribution in [0, 0.1) is 0 Å². The van der Waals surface area contributed by atoms with Crippen molar-refractivity contribution in [3.63, 3.8) is 0 Å². The van der Waals surface area contributed by atoms with E-state index in [1.807, 2.05) is 0 Å². The summed E-state index contributed by atoms with van der Waals surface area (Å²) < 4.78 is 4.96. The number of hydrogen-bond donors (Lipinski definition) is 2. The molecule has 28 heavy (non-hydrogen) atoms. The molecule has 1 aliphatic rings. The molecule has 1 aliphatic heterocycles. The molecule has 3 heterocycles. The molecule has 4 amide bonds. The van der Waals surface area contributed by atoms with Crippen molar-refractivity contribution in [1.82, 2.24) is 19.8 Å². The summed E-state index contributed by atoms with van der Waals surface area (Å²) in [6.45, 7) is 3.76. The Morgan fingerprint density at radius 2 is 1.86 bits per heavy atom. The molecule has 0 aliphatic carbocycles. The van der Waals surface area contributed by atoms with E-state index in [0.717, 1.165) is 0 Å². The van der Waals surface area contributed by atoms with Gasteiger partial charge in [0.1, 0.15) is 0 Å². The van der Waals surface area contributed by atoms with Crippen LogP contribution in [0.5, 0.6) is 0 Å². The highest BCUT2D eigenvalue weighted by molar-refractivity contribution is 7.14. The molecule has 0 bridgehead atoms. The average Bonchev–Trinajstić information content (AvgIpc) is 3.34. The monoisotopic (exact) mass is 424 g/mol. The van der Waals surface area contributed by atoms with Gasteiger partial charge >= 0.3 is 12.1 Å². The highest BCUT2D eigenvalue weighted by Gasteiger charge is 2.25. The number of thiazole rings is 2. The predicted molar refractivity (Wildman–Crippen MR) is 106 cm³/mol. The Morgan fingerprint density at radius 3 is 2.54 bits per heavy atom. The number of urea groups is 1. The molecule has 2 aromatic heterocycles. The third-order valence-corrected chi connectivity index (χ3v) is 5.37.